The number of carbonyl (C=O) groups is 2. The fourth-order valence-corrected chi connectivity index (χ4v) is 3.40. The van der Waals surface area contributed by atoms with E-state index in [2.05, 4.69) is 5.32 Å². The normalized spacial score (nSPS) is 15.3. The van der Waals surface area contributed by atoms with Crippen LogP contribution in [0, 0.1) is 0 Å². The molecule has 1 saturated heterocycles. The topological polar surface area (TPSA) is 49.4 Å². The number of benzene rings is 2. The fraction of sp³-hybridized carbons (Fsp3) is 0.300. The van der Waals surface area contributed by atoms with E-state index in [1.54, 1.807) is 4.90 Å². The highest BCUT2D eigenvalue weighted by atomic mass is 35.5. The van der Waals surface area contributed by atoms with Crippen molar-refractivity contribution in [2.75, 3.05) is 11.4 Å². The molecule has 0 radical (unpaired) electrons. The first-order valence-electron chi connectivity index (χ1n) is 8.47. The maximum Gasteiger partial charge on any atom is 0.227 e. The van der Waals surface area contributed by atoms with Gasteiger partial charge in [0.25, 0.3) is 0 Å². The van der Waals surface area contributed by atoms with E-state index in [-0.39, 0.29) is 17.9 Å². The van der Waals surface area contributed by atoms with Gasteiger partial charge in [-0.05, 0) is 42.7 Å². The van der Waals surface area contributed by atoms with Crippen LogP contribution >= 0.6 is 11.6 Å². The molecule has 0 aromatic heterocycles. The van der Waals surface area contributed by atoms with E-state index in [4.69, 9.17) is 11.6 Å². The van der Waals surface area contributed by atoms with Crippen molar-refractivity contribution in [2.24, 2.45) is 0 Å². The SMILES string of the molecule is C[C@@H](NC(=O)Cc1ccc(N2CCCC2=O)cc1)c1ccccc1Cl. The Hall–Kier alpha value is -2.33. The van der Waals surface area contributed by atoms with Crippen LogP contribution < -0.4 is 10.2 Å². The molecule has 2 aromatic carbocycles. The minimum absolute atomic E-state index is 0.0579. The molecule has 0 bridgehead atoms. The summed E-state index contributed by atoms with van der Waals surface area (Å²) in [4.78, 5) is 25.8. The molecule has 1 fully saturated rings. The highest BCUT2D eigenvalue weighted by molar-refractivity contribution is 6.31. The monoisotopic (exact) mass is 356 g/mol. The van der Waals surface area contributed by atoms with Gasteiger partial charge < -0.3 is 10.2 Å². The van der Waals surface area contributed by atoms with Crippen molar-refractivity contribution < 1.29 is 9.59 Å². The average molecular weight is 357 g/mol. The molecule has 2 amide bonds. The molecule has 5 heteroatoms. The molecule has 2 aromatic rings. The van der Waals surface area contributed by atoms with E-state index >= 15 is 0 Å². The van der Waals surface area contributed by atoms with Gasteiger partial charge in [-0.25, -0.2) is 0 Å². The molecule has 3 rings (SSSR count). The van der Waals surface area contributed by atoms with Crippen molar-refractivity contribution in [2.45, 2.75) is 32.2 Å². The van der Waals surface area contributed by atoms with Crippen LogP contribution in [0.1, 0.15) is 36.9 Å². The lowest BCUT2D eigenvalue weighted by atomic mass is 10.1. The molecule has 0 aliphatic carbocycles. The van der Waals surface area contributed by atoms with Gasteiger partial charge in [-0.1, -0.05) is 41.9 Å². The molecule has 1 atom stereocenters. The number of halogens is 1. The van der Waals surface area contributed by atoms with Gasteiger partial charge >= 0.3 is 0 Å². The van der Waals surface area contributed by atoms with Crippen molar-refractivity contribution >= 4 is 29.1 Å². The van der Waals surface area contributed by atoms with Gasteiger partial charge in [-0.3, -0.25) is 9.59 Å². The molecule has 25 heavy (non-hydrogen) atoms. The lowest BCUT2D eigenvalue weighted by Crippen LogP contribution is -2.28. The van der Waals surface area contributed by atoms with Crippen molar-refractivity contribution in [3.05, 3.63) is 64.7 Å². The fourth-order valence-electron chi connectivity index (χ4n) is 3.10. The van der Waals surface area contributed by atoms with Gasteiger partial charge in [0.1, 0.15) is 0 Å². The first kappa shape index (κ1) is 17.5. The molecule has 0 spiro atoms. The van der Waals surface area contributed by atoms with Gasteiger partial charge in [-0.15, -0.1) is 0 Å². The standard InChI is InChI=1S/C20H21ClN2O2/c1-14(17-5-2-3-6-18(17)21)22-19(24)13-15-8-10-16(11-9-15)23-12-4-7-20(23)25/h2-3,5-6,8-11,14H,4,7,12-13H2,1H3,(H,22,24)/t14-/m1/s1. The molecular weight excluding hydrogens is 336 g/mol. The maximum atomic E-state index is 12.3. The summed E-state index contributed by atoms with van der Waals surface area (Å²) in [5.41, 5.74) is 2.72. The van der Waals surface area contributed by atoms with Gasteiger partial charge in [0.15, 0.2) is 0 Å². The highest BCUT2D eigenvalue weighted by Crippen LogP contribution is 2.23. The quantitative estimate of drug-likeness (QED) is 0.883. The number of nitrogens with one attached hydrogen (secondary N) is 1. The predicted molar refractivity (Wildman–Crippen MR) is 99.7 cm³/mol. The highest BCUT2D eigenvalue weighted by Gasteiger charge is 2.21. The van der Waals surface area contributed by atoms with Crippen LogP contribution in [-0.2, 0) is 16.0 Å². The predicted octanol–water partition coefficient (Wildman–Crippen LogP) is 3.89. The van der Waals surface area contributed by atoms with E-state index in [9.17, 15) is 9.59 Å². The van der Waals surface area contributed by atoms with Gasteiger partial charge in [0.05, 0.1) is 12.5 Å². The summed E-state index contributed by atoms with van der Waals surface area (Å²) in [5.74, 6) is 0.108. The third-order valence-corrected chi connectivity index (χ3v) is 4.78. The second-order valence-corrected chi connectivity index (χ2v) is 6.71. The zero-order valence-electron chi connectivity index (χ0n) is 14.2. The van der Waals surface area contributed by atoms with Crippen molar-refractivity contribution in [1.82, 2.24) is 5.32 Å². The van der Waals surface area contributed by atoms with Crippen LogP contribution in [0.2, 0.25) is 5.02 Å². The Morgan fingerprint density at radius 3 is 2.56 bits per heavy atom. The van der Waals surface area contributed by atoms with Crippen LogP contribution in [0.5, 0.6) is 0 Å². The van der Waals surface area contributed by atoms with Crippen LogP contribution in [-0.4, -0.2) is 18.4 Å². The van der Waals surface area contributed by atoms with Gasteiger partial charge in [0, 0.05) is 23.7 Å². The average Bonchev–Trinajstić information content (AvgIpc) is 3.02. The number of anilines is 1. The first-order valence-corrected chi connectivity index (χ1v) is 8.85. The minimum atomic E-state index is -0.150. The second kappa shape index (κ2) is 7.70. The molecule has 0 unspecified atom stereocenters. The first-order chi connectivity index (χ1) is 12.0. The molecule has 1 heterocycles. The minimum Gasteiger partial charge on any atom is -0.349 e. The second-order valence-electron chi connectivity index (χ2n) is 6.30. The molecular formula is C20H21ClN2O2. The van der Waals surface area contributed by atoms with Crippen molar-refractivity contribution in [3.63, 3.8) is 0 Å². The lowest BCUT2D eigenvalue weighted by molar-refractivity contribution is -0.121. The summed E-state index contributed by atoms with van der Waals surface area (Å²) in [6.07, 6.45) is 1.82. The number of rotatable bonds is 5. The van der Waals surface area contributed by atoms with E-state index in [1.165, 1.54) is 0 Å². The summed E-state index contributed by atoms with van der Waals surface area (Å²) in [6.45, 7) is 2.69. The van der Waals surface area contributed by atoms with Gasteiger partial charge in [0.2, 0.25) is 11.8 Å². The Kier molecular flexibility index (Phi) is 5.39. The molecule has 0 saturated carbocycles. The number of nitrogens with zero attached hydrogens (tertiary/aromatic N) is 1. The number of hydrogen-bond acceptors (Lipinski definition) is 2. The Balaban J connectivity index is 1.59. The summed E-state index contributed by atoms with van der Waals surface area (Å²) in [6, 6.07) is 15.0. The van der Waals surface area contributed by atoms with E-state index in [0.29, 0.717) is 17.9 Å². The third-order valence-electron chi connectivity index (χ3n) is 4.44. The summed E-state index contributed by atoms with van der Waals surface area (Å²) < 4.78 is 0. The van der Waals surface area contributed by atoms with Crippen LogP contribution in [0.3, 0.4) is 0 Å². The van der Waals surface area contributed by atoms with E-state index in [0.717, 1.165) is 29.8 Å². The Bertz CT molecular complexity index is 774. The molecule has 1 N–H and O–H groups in total. The lowest BCUT2D eigenvalue weighted by Gasteiger charge is -2.17. The van der Waals surface area contributed by atoms with E-state index < -0.39 is 0 Å². The Labute approximate surface area is 152 Å². The van der Waals surface area contributed by atoms with Crippen molar-refractivity contribution in [1.29, 1.82) is 0 Å². The largest absolute Gasteiger partial charge is 0.349 e. The number of amides is 2. The Morgan fingerprint density at radius 1 is 1.20 bits per heavy atom. The number of carbonyl (C=O) groups excluding carboxylic acids is 2. The zero-order valence-corrected chi connectivity index (χ0v) is 14.9. The molecule has 4 nitrogen and oxygen atoms in total. The maximum absolute atomic E-state index is 12.3. The zero-order chi connectivity index (χ0) is 17.8. The van der Waals surface area contributed by atoms with E-state index in [1.807, 2.05) is 55.5 Å². The smallest absolute Gasteiger partial charge is 0.227 e. The van der Waals surface area contributed by atoms with Crippen LogP contribution in [0.15, 0.2) is 48.5 Å². The van der Waals surface area contributed by atoms with Crippen LogP contribution in [0.4, 0.5) is 5.69 Å². The van der Waals surface area contributed by atoms with Crippen molar-refractivity contribution in [3.8, 4) is 0 Å². The molecule has 130 valence electrons. The number of hydrogen-bond donors (Lipinski definition) is 1. The van der Waals surface area contributed by atoms with Crippen LogP contribution in [0.25, 0.3) is 0 Å². The van der Waals surface area contributed by atoms with Gasteiger partial charge in [-0.2, -0.15) is 0 Å². The summed E-state index contributed by atoms with van der Waals surface area (Å²) in [5, 5.41) is 3.62. The molecule has 1 aliphatic heterocycles. The summed E-state index contributed by atoms with van der Waals surface area (Å²) >= 11 is 6.17. The Morgan fingerprint density at radius 2 is 1.92 bits per heavy atom. The summed E-state index contributed by atoms with van der Waals surface area (Å²) in [7, 11) is 0. The third kappa shape index (κ3) is 4.20. The molecule has 1 aliphatic rings.